The van der Waals surface area contributed by atoms with Gasteiger partial charge in [-0.1, -0.05) is 0 Å². The monoisotopic (exact) mass is 359 g/mol. The molecule has 3 rings (SSSR count). The fraction of sp³-hybridized carbons (Fsp3) is 0.500. The standard InChI is InChI=1S/C20H26FN3O2/c1-12-9-18(26-4)15(10-16(12)21)19-13(2)8-17(22-23-19)20(25)14-6-5-7-24(3)11-14/h8-10,14,20,25H,5-7,11H2,1-4H3/t14-,20?/m1/s1. The fourth-order valence-electron chi connectivity index (χ4n) is 3.63. The van der Waals surface area contributed by atoms with Crippen molar-refractivity contribution < 1.29 is 14.2 Å². The van der Waals surface area contributed by atoms with Gasteiger partial charge in [-0.3, -0.25) is 0 Å². The van der Waals surface area contributed by atoms with Gasteiger partial charge in [-0.15, -0.1) is 5.10 Å². The van der Waals surface area contributed by atoms with Crippen LogP contribution in [0.1, 0.15) is 35.8 Å². The second-order valence-electron chi connectivity index (χ2n) is 7.21. The second kappa shape index (κ2) is 7.68. The molecule has 1 unspecified atom stereocenters. The highest BCUT2D eigenvalue weighted by Crippen LogP contribution is 2.34. The minimum atomic E-state index is -0.644. The quantitative estimate of drug-likeness (QED) is 0.908. The molecule has 0 radical (unpaired) electrons. The molecule has 1 aromatic heterocycles. The van der Waals surface area contributed by atoms with Crippen LogP contribution < -0.4 is 4.74 Å². The van der Waals surface area contributed by atoms with Crippen LogP contribution in [-0.4, -0.2) is 47.5 Å². The maximum absolute atomic E-state index is 14.1. The third-order valence-electron chi connectivity index (χ3n) is 5.15. The lowest BCUT2D eigenvalue weighted by Gasteiger charge is -2.32. The van der Waals surface area contributed by atoms with Crippen molar-refractivity contribution in [2.24, 2.45) is 5.92 Å². The molecule has 1 aliphatic heterocycles. The summed E-state index contributed by atoms with van der Waals surface area (Å²) in [6.07, 6.45) is 1.41. The molecule has 26 heavy (non-hydrogen) atoms. The number of aromatic nitrogens is 2. The largest absolute Gasteiger partial charge is 0.496 e. The number of aliphatic hydroxyl groups excluding tert-OH is 1. The summed E-state index contributed by atoms with van der Waals surface area (Å²) in [5.74, 6) is 0.402. The van der Waals surface area contributed by atoms with Crippen LogP contribution in [0.25, 0.3) is 11.3 Å². The molecule has 140 valence electrons. The van der Waals surface area contributed by atoms with E-state index in [1.165, 1.54) is 6.07 Å². The maximum Gasteiger partial charge on any atom is 0.128 e. The minimum absolute atomic E-state index is 0.152. The number of aliphatic hydroxyl groups is 1. The Labute approximate surface area is 153 Å². The molecule has 1 fully saturated rings. The average Bonchev–Trinajstić information content (AvgIpc) is 2.63. The third kappa shape index (κ3) is 3.71. The van der Waals surface area contributed by atoms with E-state index in [1.807, 2.05) is 13.0 Å². The molecule has 2 heterocycles. The second-order valence-corrected chi connectivity index (χ2v) is 7.21. The first-order valence-electron chi connectivity index (χ1n) is 8.96. The van der Waals surface area contributed by atoms with Gasteiger partial charge in [0, 0.05) is 18.0 Å². The predicted molar refractivity (Wildman–Crippen MR) is 98.6 cm³/mol. The number of benzene rings is 1. The van der Waals surface area contributed by atoms with Gasteiger partial charge in [0.2, 0.25) is 0 Å². The summed E-state index contributed by atoms with van der Waals surface area (Å²) in [6.45, 7) is 5.50. The molecule has 1 saturated heterocycles. The SMILES string of the molecule is COc1cc(C)c(F)cc1-c1nnc(C(O)[C@@H]2CCCN(C)C2)cc1C. The molecule has 0 saturated carbocycles. The zero-order valence-electron chi connectivity index (χ0n) is 15.8. The molecule has 0 aliphatic carbocycles. The van der Waals surface area contributed by atoms with Crippen LogP contribution in [0.15, 0.2) is 18.2 Å². The highest BCUT2D eigenvalue weighted by Gasteiger charge is 2.27. The Bertz CT molecular complexity index is 797. The Morgan fingerprint density at radius 1 is 1.23 bits per heavy atom. The van der Waals surface area contributed by atoms with Crippen molar-refractivity contribution in [1.82, 2.24) is 15.1 Å². The van der Waals surface area contributed by atoms with Gasteiger partial charge < -0.3 is 14.7 Å². The Balaban J connectivity index is 1.92. The van der Waals surface area contributed by atoms with Crippen molar-refractivity contribution in [3.05, 3.63) is 40.8 Å². The van der Waals surface area contributed by atoms with Gasteiger partial charge in [-0.05, 0) is 69.6 Å². The summed E-state index contributed by atoms with van der Waals surface area (Å²) in [6, 6.07) is 4.93. The van der Waals surface area contributed by atoms with Crippen molar-refractivity contribution in [2.45, 2.75) is 32.8 Å². The summed E-state index contributed by atoms with van der Waals surface area (Å²) < 4.78 is 19.4. The summed E-state index contributed by atoms with van der Waals surface area (Å²) >= 11 is 0. The van der Waals surface area contributed by atoms with Crippen LogP contribution in [0.3, 0.4) is 0 Å². The van der Waals surface area contributed by atoms with Gasteiger partial charge in [0.1, 0.15) is 17.7 Å². The highest BCUT2D eigenvalue weighted by atomic mass is 19.1. The molecule has 1 aliphatic rings. The summed E-state index contributed by atoms with van der Waals surface area (Å²) in [5, 5.41) is 19.3. The van der Waals surface area contributed by atoms with E-state index in [0.717, 1.165) is 31.5 Å². The number of piperidine rings is 1. The topological polar surface area (TPSA) is 58.5 Å². The van der Waals surface area contributed by atoms with Crippen molar-refractivity contribution in [3.63, 3.8) is 0 Å². The number of halogens is 1. The summed E-state index contributed by atoms with van der Waals surface area (Å²) in [7, 11) is 3.62. The van der Waals surface area contributed by atoms with Gasteiger partial charge in [0.25, 0.3) is 0 Å². The van der Waals surface area contributed by atoms with Crippen molar-refractivity contribution >= 4 is 0 Å². The van der Waals surface area contributed by atoms with Crippen LogP contribution in [0.5, 0.6) is 5.75 Å². The lowest BCUT2D eigenvalue weighted by Crippen LogP contribution is -2.35. The molecular formula is C20H26FN3O2. The highest BCUT2D eigenvalue weighted by molar-refractivity contribution is 5.70. The lowest BCUT2D eigenvalue weighted by atomic mass is 9.90. The van der Waals surface area contributed by atoms with Crippen LogP contribution in [0, 0.1) is 25.6 Å². The van der Waals surface area contributed by atoms with Gasteiger partial charge in [-0.25, -0.2) is 4.39 Å². The average molecular weight is 359 g/mol. The minimum Gasteiger partial charge on any atom is -0.496 e. The van der Waals surface area contributed by atoms with Crippen molar-refractivity contribution in [2.75, 3.05) is 27.2 Å². The van der Waals surface area contributed by atoms with Gasteiger partial charge in [-0.2, -0.15) is 5.10 Å². The van der Waals surface area contributed by atoms with Crippen molar-refractivity contribution in [3.8, 4) is 17.0 Å². The molecule has 2 aromatic rings. The van der Waals surface area contributed by atoms with E-state index < -0.39 is 6.10 Å². The van der Waals surface area contributed by atoms with E-state index in [2.05, 4.69) is 22.1 Å². The summed E-state index contributed by atoms with van der Waals surface area (Å²) in [4.78, 5) is 2.23. The van der Waals surface area contributed by atoms with E-state index >= 15 is 0 Å². The first-order valence-corrected chi connectivity index (χ1v) is 8.96. The number of aryl methyl sites for hydroxylation is 2. The Morgan fingerprint density at radius 3 is 2.65 bits per heavy atom. The molecule has 1 N–H and O–H groups in total. The van der Waals surface area contributed by atoms with Gasteiger partial charge >= 0.3 is 0 Å². The molecule has 0 spiro atoms. The Morgan fingerprint density at radius 2 is 2.00 bits per heavy atom. The van der Waals surface area contributed by atoms with Gasteiger partial charge in [0.05, 0.1) is 18.5 Å². The molecule has 5 nitrogen and oxygen atoms in total. The number of nitrogens with zero attached hydrogens (tertiary/aromatic N) is 3. The number of ether oxygens (including phenoxy) is 1. The van der Waals surface area contributed by atoms with E-state index in [9.17, 15) is 9.50 Å². The van der Waals surface area contributed by atoms with Crippen LogP contribution >= 0.6 is 0 Å². The number of hydrogen-bond acceptors (Lipinski definition) is 5. The molecule has 0 bridgehead atoms. The molecule has 0 amide bonds. The molecular weight excluding hydrogens is 333 g/mol. The molecule has 1 aromatic carbocycles. The van der Waals surface area contributed by atoms with Crippen LogP contribution in [-0.2, 0) is 0 Å². The number of rotatable bonds is 4. The first kappa shape index (κ1) is 18.7. The summed E-state index contributed by atoms with van der Waals surface area (Å²) in [5.41, 5.74) is 3.05. The fourth-order valence-corrected chi connectivity index (χ4v) is 3.63. The third-order valence-corrected chi connectivity index (χ3v) is 5.15. The first-order chi connectivity index (χ1) is 12.4. The van der Waals surface area contributed by atoms with E-state index in [4.69, 9.17) is 4.74 Å². The Hall–Kier alpha value is -2.05. The zero-order valence-corrected chi connectivity index (χ0v) is 15.8. The predicted octanol–water partition coefficient (Wildman–Crippen LogP) is 3.28. The normalized spacial score (nSPS) is 19.4. The van der Waals surface area contributed by atoms with Crippen LogP contribution in [0.2, 0.25) is 0 Å². The molecule has 6 heteroatoms. The van der Waals surface area contributed by atoms with E-state index in [1.54, 1.807) is 20.1 Å². The van der Waals surface area contributed by atoms with Gasteiger partial charge in [0.15, 0.2) is 0 Å². The maximum atomic E-state index is 14.1. The number of likely N-dealkylation sites (tertiary alicyclic amines) is 1. The smallest absolute Gasteiger partial charge is 0.128 e. The van der Waals surface area contributed by atoms with E-state index in [-0.39, 0.29) is 11.7 Å². The van der Waals surface area contributed by atoms with Crippen molar-refractivity contribution in [1.29, 1.82) is 0 Å². The number of hydrogen-bond donors (Lipinski definition) is 1. The zero-order chi connectivity index (χ0) is 18.8. The number of methoxy groups -OCH3 is 1. The van der Waals surface area contributed by atoms with E-state index in [0.29, 0.717) is 28.3 Å². The van der Waals surface area contributed by atoms with Crippen LogP contribution in [0.4, 0.5) is 4.39 Å². The molecule has 2 atom stereocenters. The lowest BCUT2D eigenvalue weighted by molar-refractivity contribution is 0.0556. The Kier molecular flexibility index (Phi) is 5.53.